The monoisotopic (exact) mass is 406 g/mol. The van der Waals surface area contributed by atoms with Crippen molar-refractivity contribution in [1.82, 2.24) is 4.31 Å². The molecule has 0 aliphatic heterocycles. The van der Waals surface area contributed by atoms with Gasteiger partial charge in [0.05, 0.1) is 19.1 Å². The van der Waals surface area contributed by atoms with Gasteiger partial charge in [-0.3, -0.25) is 4.79 Å². The van der Waals surface area contributed by atoms with Gasteiger partial charge in [-0.15, -0.1) is 0 Å². The van der Waals surface area contributed by atoms with E-state index < -0.39 is 15.9 Å². The third kappa shape index (κ3) is 4.63. The number of nitrogens with one attached hydrogen (secondary N) is 1. The van der Waals surface area contributed by atoms with E-state index in [-0.39, 0.29) is 4.90 Å². The summed E-state index contributed by atoms with van der Waals surface area (Å²) in [5.41, 5.74) is 1.35. The van der Waals surface area contributed by atoms with Gasteiger partial charge in [-0.2, -0.15) is 4.31 Å². The van der Waals surface area contributed by atoms with Crippen LogP contribution < -0.4 is 14.8 Å². The van der Waals surface area contributed by atoms with Crippen molar-refractivity contribution in [2.45, 2.75) is 25.7 Å². The average molecular weight is 407 g/mol. The van der Waals surface area contributed by atoms with Crippen LogP contribution in [0.15, 0.2) is 41.3 Å². The molecule has 8 heteroatoms. The van der Waals surface area contributed by atoms with Gasteiger partial charge in [-0.05, 0) is 36.8 Å². The molecule has 1 amide bonds. The summed E-state index contributed by atoms with van der Waals surface area (Å²) < 4.78 is 37.5. The number of benzene rings is 2. The second kappa shape index (κ2) is 9.07. The molecule has 0 radical (unpaired) electrons. The molecular weight excluding hydrogens is 380 g/mol. The molecule has 0 heterocycles. The Labute approximate surface area is 166 Å². The van der Waals surface area contributed by atoms with Gasteiger partial charge >= 0.3 is 0 Å². The number of sulfonamides is 1. The van der Waals surface area contributed by atoms with Gasteiger partial charge in [0.15, 0.2) is 0 Å². The minimum Gasteiger partial charge on any atom is -0.497 e. The number of aryl methyl sites for hydroxylation is 1. The van der Waals surface area contributed by atoms with Gasteiger partial charge in [0.1, 0.15) is 11.5 Å². The molecule has 152 valence electrons. The fraction of sp³-hybridized carbons (Fsp3) is 0.350. The lowest BCUT2D eigenvalue weighted by molar-refractivity contribution is 0.102. The Morgan fingerprint density at radius 2 is 1.57 bits per heavy atom. The van der Waals surface area contributed by atoms with Crippen molar-refractivity contribution in [3.05, 3.63) is 47.5 Å². The molecule has 28 heavy (non-hydrogen) atoms. The van der Waals surface area contributed by atoms with E-state index in [0.29, 0.717) is 41.4 Å². The summed E-state index contributed by atoms with van der Waals surface area (Å²) in [6, 6.07) is 9.67. The van der Waals surface area contributed by atoms with Crippen LogP contribution >= 0.6 is 0 Å². The van der Waals surface area contributed by atoms with Gasteiger partial charge in [0.2, 0.25) is 10.0 Å². The van der Waals surface area contributed by atoms with E-state index in [4.69, 9.17) is 9.47 Å². The van der Waals surface area contributed by atoms with Gasteiger partial charge in [-0.1, -0.05) is 19.9 Å². The summed E-state index contributed by atoms with van der Waals surface area (Å²) >= 11 is 0. The van der Waals surface area contributed by atoms with Gasteiger partial charge < -0.3 is 14.8 Å². The molecule has 1 N–H and O–H groups in total. The van der Waals surface area contributed by atoms with Crippen LogP contribution in [0.4, 0.5) is 5.69 Å². The third-order valence-corrected chi connectivity index (χ3v) is 6.57. The second-order valence-electron chi connectivity index (χ2n) is 6.13. The lowest BCUT2D eigenvalue weighted by atomic mass is 10.1. The predicted octanol–water partition coefficient (Wildman–Crippen LogP) is 3.30. The highest BCUT2D eigenvalue weighted by molar-refractivity contribution is 7.89. The number of carbonyl (C=O) groups is 1. The standard InChI is InChI=1S/C20H26N2O5S/c1-6-22(7-2)28(24,25)19-12-16(9-8-14(19)3)21-20(23)15-10-17(26-4)13-18(11-15)27-5/h8-13H,6-7H2,1-5H3,(H,21,23). The first kappa shape index (κ1) is 21.7. The molecule has 0 atom stereocenters. The number of hydrogen-bond donors (Lipinski definition) is 1. The number of nitrogens with zero attached hydrogens (tertiary/aromatic N) is 1. The molecule has 0 unspecified atom stereocenters. The molecule has 0 aliphatic rings. The van der Waals surface area contributed by atoms with Crippen molar-refractivity contribution >= 4 is 21.6 Å². The zero-order valence-corrected chi connectivity index (χ0v) is 17.6. The Hall–Kier alpha value is -2.58. The summed E-state index contributed by atoms with van der Waals surface area (Å²) in [6.07, 6.45) is 0. The quantitative estimate of drug-likeness (QED) is 0.727. The average Bonchev–Trinajstić information content (AvgIpc) is 2.69. The van der Waals surface area contributed by atoms with Crippen molar-refractivity contribution in [3.63, 3.8) is 0 Å². The highest BCUT2D eigenvalue weighted by atomic mass is 32.2. The van der Waals surface area contributed by atoms with Gasteiger partial charge in [0, 0.05) is 30.4 Å². The van der Waals surface area contributed by atoms with E-state index in [1.165, 1.54) is 24.6 Å². The predicted molar refractivity (Wildman–Crippen MR) is 109 cm³/mol. The van der Waals surface area contributed by atoms with E-state index in [1.54, 1.807) is 51.1 Å². The SMILES string of the molecule is CCN(CC)S(=O)(=O)c1cc(NC(=O)c2cc(OC)cc(OC)c2)ccc1C. The second-order valence-corrected chi connectivity index (χ2v) is 8.03. The largest absolute Gasteiger partial charge is 0.497 e. The van der Waals surface area contributed by atoms with E-state index in [2.05, 4.69) is 5.32 Å². The van der Waals surface area contributed by atoms with E-state index in [0.717, 1.165) is 0 Å². The van der Waals surface area contributed by atoms with Crippen LogP contribution in [0, 0.1) is 6.92 Å². The molecule has 0 bridgehead atoms. The topological polar surface area (TPSA) is 84.9 Å². The number of methoxy groups -OCH3 is 2. The first-order chi connectivity index (χ1) is 13.3. The fourth-order valence-electron chi connectivity index (χ4n) is 2.80. The molecule has 0 saturated heterocycles. The van der Waals surface area contributed by atoms with Crippen LogP contribution in [0.5, 0.6) is 11.5 Å². The van der Waals surface area contributed by atoms with Crippen LogP contribution in [-0.4, -0.2) is 45.9 Å². The molecule has 0 aromatic heterocycles. The van der Waals surface area contributed by atoms with Gasteiger partial charge in [0.25, 0.3) is 5.91 Å². The van der Waals surface area contributed by atoms with Crippen LogP contribution in [-0.2, 0) is 10.0 Å². The highest BCUT2D eigenvalue weighted by Crippen LogP contribution is 2.26. The lowest BCUT2D eigenvalue weighted by Gasteiger charge is -2.20. The van der Waals surface area contributed by atoms with Crippen LogP contribution in [0.3, 0.4) is 0 Å². The number of anilines is 1. The van der Waals surface area contributed by atoms with E-state index in [1.807, 2.05) is 0 Å². The van der Waals surface area contributed by atoms with E-state index in [9.17, 15) is 13.2 Å². The van der Waals surface area contributed by atoms with Crippen molar-refractivity contribution in [2.24, 2.45) is 0 Å². The highest BCUT2D eigenvalue weighted by Gasteiger charge is 2.24. The Morgan fingerprint density at radius 3 is 2.07 bits per heavy atom. The molecule has 0 fully saturated rings. The van der Waals surface area contributed by atoms with Crippen LogP contribution in [0.25, 0.3) is 0 Å². The molecule has 0 spiro atoms. The van der Waals surface area contributed by atoms with Crippen LogP contribution in [0.1, 0.15) is 29.8 Å². The Morgan fingerprint density at radius 1 is 1.00 bits per heavy atom. The molecular formula is C20H26N2O5S. The van der Waals surface area contributed by atoms with E-state index >= 15 is 0 Å². The lowest BCUT2D eigenvalue weighted by Crippen LogP contribution is -2.31. The molecule has 0 aliphatic carbocycles. The Kier molecular flexibility index (Phi) is 7.04. The molecule has 2 aromatic carbocycles. The fourth-order valence-corrected chi connectivity index (χ4v) is 4.51. The first-order valence-electron chi connectivity index (χ1n) is 8.92. The molecule has 2 aromatic rings. The minimum absolute atomic E-state index is 0.178. The van der Waals surface area contributed by atoms with Crippen molar-refractivity contribution in [2.75, 3.05) is 32.6 Å². The molecule has 0 saturated carbocycles. The summed E-state index contributed by atoms with van der Waals surface area (Å²) in [7, 11) is -0.633. The maximum absolute atomic E-state index is 12.9. The minimum atomic E-state index is -3.63. The number of hydrogen-bond acceptors (Lipinski definition) is 5. The zero-order chi connectivity index (χ0) is 20.9. The number of ether oxygens (including phenoxy) is 2. The maximum atomic E-state index is 12.9. The number of rotatable bonds is 8. The smallest absolute Gasteiger partial charge is 0.255 e. The van der Waals surface area contributed by atoms with Crippen molar-refractivity contribution in [1.29, 1.82) is 0 Å². The summed E-state index contributed by atoms with van der Waals surface area (Å²) in [5.74, 6) is 0.573. The molecule has 7 nitrogen and oxygen atoms in total. The normalized spacial score (nSPS) is 11.4. The summed E-state index contributed by atoms with van der Waals surface area (Å²) in [4.78, 5) is 12.8. The maximum Gasteiger partial charge on any atom is 0.255 e. The van der Waals surface area contributed by atoms with Crippen molar-refractivity contribution in [3.8, 4) is 11.5 Å². The third-order valence-electron chi connectivity index (χ3n) is 4.38. The van der Waals surface area contributed by atoms with Gasteiger partial charge in [-0.25, -0.2) is 8.42 Å². The van der Waals surface area contributed by atoms with Crippen LogP contribution in [0.2, 0.25) is 0 Å². The molecule has 2 rings (SSSR count). The number of amides is 1. The number of carbonyl (C=O) groups excluding carboxylic acids is 1. The Balaban J connectivity index is 2.37. The zero-order valence-electron chi connectivity index (χ0n) is 16.8. The summed E-state index contributed by atoms with van der Waals surface area (Å²) in [6.45, 7) is 6.06. The Bertz CT molecular complexity index is 931. The summed E-state index contributed by atoms with van der Waals surface area (Å²) in [5, 5.41) is 2.74. The first-order valence-corrected chi connectivity index (χ1v) is 10.4. The van der Waals surface area contributed by atoms with Crippen molar-refractivity contribution < 1.29 is 22.7 Å².